The lowest BCUT2D eigenvalue weighted by molar-refractivity contribution is -0.153. The molecule has 0 bridgehead atoms. The average molecular weight is 446 g/mol. The molecule has 0 spiro atoms. The fraction of sp³-hybridized carbons (Fsp3) is 0.300. The van der Waals surface area contributed by atoms with Gasteiger partial charge in [-0.05, 0) is 24.3 Å². The lowest BCUT2D eigenvalue weighted by Gasteiger charge is -2.50. The van der Waals surface area contributed by atoms with Gasteiger partial charge in [0.1, 0.15) is 11.8 Å². The highest BCUT2D eigenvalue weighted by molar-refractivity contribution is 5.86. The van der Waals surface area contributed by atoms with E-state index in [1.54, 1.807) is 0 Å². The molecule has 2 aromatic rings. The van der Waals surface area contributed by atoms with Crippen LogP contribution < -0.4 is 11.5 Å². The van der Waals surface area contributed by atoms with Crippen LogP contribution in [0.25, 0.3) is 0 Å². The van der Waals surface area contributed by atoms with E-state index in [0.717, 1.165) is 0 Å². The molecule has 0 radical (unpaired) electrons. The molecule has 8 N–H and O–H groups in total. The van der Waals surface area contributed by atoms with Gasteiger partial charge in [0.15, 0.2) is 0 Å². The van der Waals surface area contributed by atoms with E-state index in [1.807, 2.05) is 0 Å². The minimum atomic E-state index is -2.70. The third-order valence-corrected chi connectivity index (χ3v) is 5.21. The molecule has 12 nitrogen and oxygen atoms in total. The summed E-state index contributed by atoms with van der Waals surface area (Å²) in [7, 11) is 0. The van der Waals surface area contributed by atoms with Crippen molar-refractivity contribution in [1.29, 1.82) is 0 Å². The molecule has 2 rings (SSSR count). The van der Waals surface area contributed by atoms with Crippen molar-refractivity contribution in [2.45, 2.75) is 35.8 Å². The van der Waals surface area contributed by atoms with Crippen LogP contribution in [0.1, 0.15) is 36.1 Å². The van der Waals surface area contributed by atoms with E-state index in [9.17, 15) is 39.6 Å². The number of nitrogens with two attached hydrogens (primary N) is 2. The number of rotatable bonds is 11. The number of aliphatic carboxylic acids is 4. The molecule has 0 aliphatic carbocycles. The van der Waals surface area contributed by atoms with Crippen LogP contribution in [0.4, 0.5) is 0 Å². The molecular weight excluding hydrogens is 424 g/mol. The Labute approximate surface area is 181 Å². The smallest absolute Gasteiger partial charge is 0.314 e. The number of aromatic nitrogens is 2. The van der Waals surface area contributed by atoms with Crippen LogP contribution in [0.2, 0.25) is 0 Å². The van der Waals surface area contributed by atoms with Crippen molar-refractivity contribution in [2.75, 3.05) is 0 Å². The minimum Gasteiger partial charge on any atom is -0.481 e. The first kappa shape index (κ1) is 24.4. The average Bonchev–Trinajstić information content (AvgIpc) is 2.68. The summed E-state index contributed by atoms with van der Waals surface area (Å²) in [5.41, 5.74) is 7.09. The molecule has 2 aromatic heterocycles. The van der Waals surface area contributed by atoms with E-state index in [4.69, 9.17) is 11.5 Å². The van der Waals surface area contributed by atoms with Crippen molar-refractivity contribution >= 4 is 23.9 Å². The van der Waals surface area contributed by atoms with Crippen LogP contribution in [0.5, 0.6) is 0 Å². The molecule has 0 aromatic carbocycles. The van der Waals surface area contributed by atoms with Crippen molar-refractivity contribution in [3.63, 3.8) is 0 Å². The Morgan fingerprint density at radius 1 is 0.750 bits per heavy atom. The van der Waals surface area contributed by atoms with Crippen LogP contribution in [0, 0.1) is 0 Å². The summed E-state index contributed by atoms with van der Waals surface area (Å²) in [5, 5.41) is 39.1. The zero-order valence-corrected chi connectivity index (χ0v) is 16.7. The summed E-state index contributed by atoms with van der Waals surface area (Å²) >= 11 is 0. The molecule has 0 aliphatic rings. The second-order valence-corrected chi connectivity index (χ2v) is 7.28. The second-order valence-electron chi connectivity index (χ2n) is 7.28. The number of carboxylic acid groups (broad SMARTS) is 4. The van der Waals surface area contributed by atoms with Gasteiger partial charge in [0.25, 0.3) is 0 Å². The van der Waals surface area contributed by atoms with Gasteiger partial charge in [-0.1, -0.05) is 12.1 Å². The molecule has 0 aliphatic heterocycles. The number of nitrogens with zero attached hydrogens (tertiary/aromatic N) is 2. The fourth-order valence-electron chi connectivity index (χ4n) is 3.89. The maximum Gasteiger partial charge on any atom is 0.314 e. The number of carboxylic acids is 4. The monoisotopic (exact) mass is 446 g/mol. The lowest BCUT2D eigenvalue weighted by atomic mass is 9.58. The van der Waals surface area contributed by atoms with Crippen LogP contribution in [0.3, 0.4) is 0 Å². The highest BCUT2D eigenvalue weighted by Gasteiger charge is 2.63. The van der Waals surface area contributed by atoms with Crippen LogP contribution >= 0.6 is 0 Å². The molecule has 32 heavy (non-hydrogen) atoms. The Morgan fingerprint density at radius 3 is 1.38 bits per heavy atom. The molecule has 0 saturated heterocycles. The van der Waals surface area contributed by atoms with E-state index in [2.05, 4.69) is 9.97 Å². The minimum absolute atomic E-state index is 0.227. The zero-order valence-electron chi connectivity index (χ0n) is 16.7. The Morgan fingerprint density at radius 2 is 1.12 bits per heavy atom. The quantitative estimate of drug-likeness (QED) is 0.265. The molecule has 2 atom stereocenters. The first-order valence-corrected chi connectivity index (χ1v) is 9.23. The number of pyridine rings is 2. The van der Waals surface area contributed by atoms with Crippen molar-refractivity contribution in [1.82, 2.24) is 9.97 Å². The van der Waals surface area contributed by atoms with E-state index >= 15 is 0 Å². The molecular formula is C20H22N4O8. The van der Waals surface area contributed by atoms with Crippen molar-refractivity contribution in [2.24, 2.45) is 11.5 Å². The molecule has 2 heterocycles. The van der Waals surface area contributed by atoms with E-state index in [-0.39, 0.29) is 11.4 Å². The summed E-state index contributed by atoms with van der Waals surface area (Å²) in [6.45, 7) is 0. The summed E-state index contributed by atoms with van der Waals surface area (Å²) in [6, 6.07) is 8.28. The molecule has 170 valence electrons. The standard InChI is InChI=1S/C20H22N4O8/c21-19(9-13(25)26,10-14(27)28)20(22,15(17(29)30)11-5-1-3-7-23-11)16(18(31)32)12-6-2-4-8-24-12/h1-8,15-16H,9-10,21-22H2,(H,25,26)(H,27,28)(H,29,30)(H,31,32). The first-order valence-electron chi connectivity index (χ1n) is 9.23. The van der Waals surface area contributed by atoms with Gasteiger partial charge in [0, 0.05) is 12.4 Å². The Kier molecular flexibility index (Phi) is 7.23. The van der Waals surface area contributed by atoms with Gasteiger partial charge in [-0.3, -0.25) is 29.1 Å². The maximum absolute atomic E-state index is 12.4. The van der Waals surface area contributed by atoms with Crippen LogP contribution in [-0.4, -0.2) is 65.3 Å². The number of carbonyl (C=O) groups is 4. The number of hydrogen-bond acceptors (Lipinski definition) is 8. The summed E-state index contributed by atoms with van der Waals surface area (Å²) in [4.78, 5) is 56.1. The fourth-order valence-corrected chi connectivity index (χ4v) is 3.89. The first-order chi connectivity index (χ1) is 14.9. The Bertz CT molecular complexity index is 926. The highest BCUT2D eigenvalue weighted by Crippen LogP contribution is 2.46. The molecule has 12 heteroatoms. The maximum atomic E-state index is 12.4. The largest absolute Gasteiger partial charge is 0.481 e. The van der Waals surface area contributed by atoms with Crippen LogP contribution in [0.15, 0.2) is 48.8 Å². The summed E-state index contributed by atoms with van der Waals surface area (Å²) in [5.74, 6) is -10.5. The summed E-state index contributed by atoms with van der Waals surface area (Å²) < 4.78 is 0. The molecule has 0 fully saturated rings. The normalized spacial score (nSPS) is 15.2. The van der Waals surface area contributed by atoms with E-state index in [1.165, 1.54) is 48.8 Å². The van der Waals surface area contributed by atoms with Crippen molar-refractivity contribution < 1.29 is 39.6 Å². The topological polar surface area (TPSA) is 227 Å². The van der Waals surface area contributed by atoms with Gasteiger partial charge in [-0.15, -0.1) is 0 Å². The van der Waals surface area contributed by atoms with Crippen LogP contribution in [-0.2, 0) is 19.2 Å². The van der Waals surface area contributed by atoms with Gasteiger partial charge < -0.3 is 31.9 Å². The van der Waals surface area contributed by atoms with Gasteiger partial charge in [-0.25, -0.2) is 0 Å². The predicted molar refractivity (Wildman–Crippen MR) is 108 cm³/mol. The molecule has 0 amide bonds. The third-order valence-electron chi connectivity index (χ3n) is 5.21. The van der Waals surface area contributed by atoms with Gasteiger partial charge in [0.2, 0.25) is 0 Å². The molecule has 2 unspecified atom stereocenters. The van der Waals surface area contributed by atoms with E-state index < -0.39 is 59.6 Å². The summed E-state index contributed by atoms with van der Waals surface area (Å²) in [6.07, 6.45) is 0.190. The van der Waals surface area contributed by atoms with Crippen molar-refractivity contribution in [3.05, 3.63) is 60.2 Å². The number of hydrogen-bond donors (Lipinski definition) is 6. The Hall–Kier alpha value is -3.90. The van der Waals surface area contributed by atoms with E-state index in [0.29, 0.717) is 0 Å². The lowest BCUT2D eigenvalue weighted by Crippen LogP contribution is -2.74. The molecule has 0 saturated carbocycles. The van der Waals surface area contributed by atoms with Crippen molar-refractivity contribution in [3.8, 4) is 0 Å². The zero-order chi connectivity index (χ0) is 24.1. The highest BCUT2D eigenvalue weighted by atomic mass is 16.4. The van der Waals surface area contributed by atoms with Gasteiger partial charge in [-0.2, -0.15) is 0 Å². The SMILES string of the molecule is NC(CC(=O)O)(CC(=O)O)C(N)(C(C(=O)O)c1ccccn1)C(C(=O)O)c1ccccn1. The predicted octanol–water partition coefficient (Wildman–Crippen LogP) is -0.142. The Balaban J connectivity index is 2.97. The van der Waals surface area contributed by atoms with Gasteiger partial charge >= 0.3 is 23.9 Å². The third kappa shape index (κ3) is 4.71. The second kappa shape index (κ2) is 9.49. The van der Waals surface area contributed by atoms with Gasteiger partial charge in [0.05, 0.1) is 35.3 Å².